The van der Waals surface area contributed by atoms with Crippen molar-refractivity contribution >= 4 is 11.6 Å². The van der Waals surface area contributed by atoms with Gasteiger partial charge >= 0.3 is 0 Å². The number of imidazole rings is 1. The summed E-state index contributed by atoms with van der Waals surface area (Å²) in [5, 5.41) is 2.89. The largest absolute Gasteiger partial charge is 0.497 e. The summed E-state index contributed by atoms with van der Waals surface area (Å²) in [4.78, 5) is 25.1. The Balaban J connectivity index is 1.38. The van der Waals surface area contributed by atoms with Crippen LogP contribution in [-0.4, -0.2) is 32.5 Å². The molecule has 0 saturated heterocycles. The maximum atomic E-state index is 12.3. The number of aryl methyl sites for hydroxylation is 1. The number of nitrogens with zero attached hydrogens (tertiary/aromatic N) is 4. The van der Waals surface area contributed by atoms with Crippen LogP contribution in [0.4, 0.5) is 5.69 Å². The highest BCUT2D eigenvalue weighted by Gasteiger charge is 2.09. The molecular formula is C24H23N5O3. The third kappa shape index (κ3) is 4.92. The molecule has 8 nitrogen and oxygen atoms in total. The second-order valence-electron chi connectivity index (χ2n) is 7.20. The van der Waals surface area contributed by atoms with Crippen LogP contribution in [-0.2, 0) is 11.2 Å². The van der Waals surface area contributed by atoms with E-state index in [1.54, 1.807) is 43.8 Å². The molecule has 0 spiro atoms. The number of amides is 1. The van der Waals surface area contributed by atoms with E-state index < -0.39 is 0 Å². The third-order valence-electron chi connectivity index (χ3n) is 5.01. The molecule has 4 rings (SSSR count). The lowest BCUT2D eigenvalue weighted by atomic mass is 10.1. The Kier molecular flexibility index (Phi) is 6.12. The van der Waals surface area contributed by atoms with Gasteiger partial charge in [-0.15, -0.1) is 0 Å². The Labute approximate surface area is 185 Å². The molecule has 32 heavy (non-hydrogen) atoms. The Morgan fingerprint density at radius 2 is 1.69 bits per heavy atom. The van der Waals surface area contributed by atoms with Crippen LogP contribution in [0.3, 0.4) is 0 Å². The molecule has 0 unspecified atom stereocenters. The number of benzene rings is 2. The lowest BCUT2D eigenvalue weighted by Gasteiger charge is -2.09. The highest BCUT2D eigenvalue weighted by molar-refractivity contribution is 5.92. The van der Waals surface area contributed by atoms with Gasteiger partial charge in [0.2, 0.25) is 11.8 Å². The molecule has 0 aliphatic heterocycles. The molecule has 1 amide bonds. The van der Waals surface area contributed by atoms with Crippen molar-refractivity contribution in [3.63, 3.8) is 0 Å². The van der Waals surface area contributed by atoms with Gasteiger partial charge in [0.05, 0.1) is 19.2 Å². The third-order valence-corrected chi connectivity index (χ3v) is 5.01. The molecule has 4 aromatic rings. The lowest BCUT2D eigenvalue weighted by molar-refractivity contribution is -0.115. The molecule has 0 saturated carbocycles. The molecule has 162 valence electrons. The highest BCUT2D eigenvalue weighted by Crippen LogP contribution is 2.23. The molecule has 0 atom stereocenters. The molecule has 2 aromatic carbocycles. The normalized spacial score (nSPS) is 10.6. The first-order valence-electron chi connectivity index (χ1n) is 10.1. The number of anilines is 1. The van der Waals surface area contributed by atoms with E-state index in [1.165, 1.54) is 6.33 Å². The van der Waals surface area contributed by atoms with Crippen molar-refractivity contribution in [2.75, 3.05) is 12.4 Å². The number of methoxy groups -OCH3 is 1. The molecule has 0 bridgehead atoms. The summed E-state index contributed by atoms with van der Waals surface area (Å²) < 4.78 is 12.9. The van der Waals surface area contributed by atoms with Crippen LogP contribution in [0.25, 0.3) is 5.82 Å². The van der Waals surface area contributed by atoms with Crippen LogP contribution in [0.2, 0.25) is 0 Å². The van der Waals surface area contributed by atoms with Gasteiger partial charge in [-0.25, -0.2) is 15.0 Å². The zero-order valence-corrected chi connectivity index (χ0v) is 18.1. The molecule has 0 aliphatic carbocycles. The zero-order chi connectivity index (χ0) is 22.5. The monoisotopic (exact) mass is 429 g/mol. The average Bonchev–Trinajstić information content (AvgIpc) is 3.14. The van der Waals surface area contributed by atoms with E-state index >= 15 is 0 Å². The smallest absolute Gasteiger partial charge is 0.228 e. The Morgan fingerprint density at radius 1 is 0.969 bits per heavy atom. The SMILES string of the molecule is COc1ccc(CC(=O)Nc2ccc(Oc3cc(-n4cnc(C)c4C)ncn3)cc2)cc1. The van der Waals surface area contributed by atoms with E-state index in [0.29, 0.717) is 23.1 Å². The molecule has 0 fully saturated rings. The molecule has 0 radical (unpaired) electrons. The van der Waals surface area contributed by atoms with E-state index in [1.807, 2.05) is 42.7 Å². The van der Waals surface area contributed by atoms with E-state index in [-0.39, 0.29) is 12.3 Å². The van der Waals surface area contributed by atoms with Crippen LogP contribution < -0.4 is 14.8 Å². The first-order valence-corrected chi connectivity index (χ1v) is 10.1. The van der Waals surface area contributed by atoms with Gasteiger partial charge in [-0.2, -0.15) is 0 Å². The molecule has 2 heterocycles. The van der Waals surface area contributed by atoms with Crippen LogP contribution in [0.5, 0.6) is 17.4 Å². The second-order valence-corrected chi connectivity index (χ2v) is 7.20. The first-order chi connectivity index (χ1) is 15.5. The molecule has 1 N–H and O–H groups in total. The van der Waals surface area contributed by atoms with Crippen LogP contribution in [0.1, 0.15) is 17.0 Å². The lowest BCUT2D eigenvalue weighted by Crippen LogP contribution is -2.14. The summed E-state index contributed by atoms with van der Waals surface area (Å²) in [7, 11) is 1.61. The zero-order valence-electron chi connectivity index (χ0n) is 18.1. The molecule has 0 aliphatic rings. The molecule has 2 aromatic heterocycles. The fourth-order valence-corrected chi connectivity index (χ4v) is 3.11. The minimum Gasteiger partial charge on any atom is -0.497 e. The van der Waals surface area contributed by atoms with Gasteiger partial charge in [-0.1, -0.05) is 12.1 Å². The molecular weight excluding hydrogens is 406 g/mol. The van der Waals surface area contributed by atoms with Crippen molar-refractivity contribution in [3.05, 3.63) is 84.2 Å². The van der Waals surface area contributed by atoms with Crippen molar-refractivity contribution in [2.45, 2.75) is 20.3 Å². The Hall–Kier alpha value is -4.20. The standard InChI is InChI=1S/C24H23N5O3/c1-16-17(2)29(15-27-16)22-13-24(26-14-25-22)32-21-10-6-19(7-11-21)28-23(30)12-18-4-8-20(31-3)9-5-18/h4-11,13-15H,12H2,1-3H3,(H,28,30). The first kappa shape index (κ1) is 21.0. The van der Waals surface area contributed by atoms with E-state index in [2.05, 4.69) is 20.3 Å². The Bertz CT molecular complexity index is 1220. The number of hydrogen-bond donors (Lipinski definition) is 1. The van der Waals surface area contributed by atoms with Crippen molar-refractivity contribution < 1.29 is 14.3 Å². The number of hydrogen-bond acceptors (Lipinski definition) is 6. The minimum atomic E-state index is -0.102. The predicted molar refractivity (Wildman–Crippen MR) is 120 cm³/mol. The quantitative estimate of drug-likeness (QED) is 0.472. The van der Waals surface area contributed by atoms with Crippen molar-refractivity contribution in [2.24, 2.45) is 0 Å². The van der Waals surface area contributed by atoms with Gasteiger partial charge in [-0.3, -0.25) is 9.36 Å². The van der Waals surface area contributed by atoms with Gasteiger partial charge < -0.3 is 14.8 Å². The number of ether oxygens (including phenoxy) is 2. The summed E-state index contributed by atoms with van der Waals surface area (Å²) in [5.74, 6) is 2.35. The average molecular weight is 429 g/mol. The van der Waals surface area contributed by atoms with E-state index in [4.69, 9.17) is 9.47 Å². The van der Waals surface area contributed by atoms with Gasteiger partial charge in [0.25, 0.3) is 0 Å². The van der Waals surface area contributed by atoms with Gasteiger partial charge in [0.1, 0.15) is 30.0 Å². The maximum Gasteiger partial charge on any atom is 0.228 e. The number of rotatable bonds is 7. The topological polar surface area (TPSA) is 91.2 Å². The van der Waals surface area contributed by atoms with Crippen LogP contribution >= 0.6 is 0 Å². The number of aromatic nitrogens is 4. The van der Waals surface area contributed by atoms with Crippen molar-refractivity contribution in [1.29, 1.82) is 0 Å². The van der Waals surface area contributed by atoms with Gasteiger partial charge in [-0.05, 0) is 55.8 Å². The minimum absolute atomic E-state index is 0.102. The van der Waals surface area contributed by atoms with E-state index in [9.17, 15) is 4.79 Å². The van der Waals surface area contributed by atoms with Gasteiger partial charge in [0.15, 0.2) is 0 Å². The second kappa shape index (κ2) is 9.30. The summed E-state index contributed by atoms with van der Waals surface area (Å²) in [5.41, 5.74) is 3.54. The highest BCUT2D eigenvalue weighted by atomic mass is 16.5. The van der Waals surface area contributed by atoms with Crippen molar-refractivity contribution in [3.8, 4) is 23.2 Å². The Morgan fingerprint density at radius 3 is 2.34 bits per heavy atom. The summed E-state index contributed by atoms with van der Waals surface area (Å²) in [6.45, 7) is 3.93. The summed E-state index contributed by atoms with van der Waals surface area (Å²) in [6.07, 6.45) is 3.45. The number of carbonyl (C=O) groups excluding carboxylic acids is 1. The van der Waals surface area contributed by atoms with Crippen molar-refractivity contribution in [1.82, 2.24) is 19.5 Å². The van der Waals surface area contributed by atoms with E-state index in [0.717, 1.165) is 22.7 Å². The fraction of sp³-hybridized carbons (Fsp3) is 0.167. The number of nitrogens with one attached hydrogen (secondary N) is 1. The predicted octanol–water partition coefficient (Wildman–Crippen LogP) is 4.26. The molecule has 8 heteroatoms. The number of carbonyl (C=O) groups is 1. The van der Waals surface area contributed by atoms with Crippen LogP contribution in [0.15, 0.2) is 67.3 Å². The summed E-state index contributed by atoms with van der Waals surface area (Å²) in [6, 6.07) is 16.3. The van der Waals surface area contributed by atoms with Gasteiger partial charge in [0, 0.05) is 17.4 Å². The fourth-order valence-electron chi connectivity index (χ4n) is 3.11. The van der Waals surface area contributed by atoms with Crippen LogP contribution in [0, 0.1) is 13.8 Å². The maximum absolute atomic E-state index is 12.3. The summed E-state index contributed by atoms with van der Waals surface area (Å²) >= 11 is 0.